The molecule has 0 radical (unpaired) electrons. The first-order valence-corrected chi connectivity index (χ1v) is 6.54. The number of aryl methyl sites for hydroxylation is 1. The number of carbonyl (C=O) groups is 2. The van der Waals surface area contributed by atoms with E-state index in [0.29, 0.717) is 12.8 Å². The Hall–Kier alpha value is -1.64. The first kappa shape index (κ1) is 12.8. The average molecular weight is 245 g/mol. The van der Waals surface area contributed by atoms with Crippen LogP contribution in [0.4, 0.5) is 5.69 Å². The Morgan fingerprint density at radius 2 is 2.00 bits per heavy atom. The number of anilines is 1. The lowest BCUT2D eigenvalue weighted by Crippen LogP contribution is -2.44. The first-order chi connectivity index (χ1) is 8.63. The molecule has 1 heterocycles. The molecule has 1 saturated heterocycles. The predicted molar refractivity (Wildman–Crippen MR) is 71.6 cm³/mol. The van der Waals surface area contributed by atoms with Crippen molar-refractivity contribution in [2.45, 2.75) is 33.1 Å². The second-order valence-electron chi connectivity index (χ2n) is 4.84. The summed E-state index contributed by atoms with van der Waals surface area (Å²) in [5.74, 6) is -0.390. The molecule has 96 valence electrons. The van der Waals surface area contributed by atoms with Crippen molar-refractivity contribution >= 4 is 17.4 Å². The van der Waals surface area contributed by atoms with E-state index in [2.05, 4.69) is 0 Å². The molecule has 1 aliphatic heterocycles. The molecule has 1 fully saturated rings. The fraction of sp³-hybridized carbons (Fsp3) is 0.467. The van der Waals surface area contributed by atoms with Crippen LogP contribution in [0.2, 0.25) is 0 Å². The molecule has 0 saturated carbocycles. The molecule has 0 spiro atoms. The summed E-state index contributed by atoms with van der Waals surface area (Å²) < 4.78 is 0. The molecule has 1 atom stereocenters. The van der Waals surface area contributed by atoms with Gasteiger partial charge in [-0.2, -0.15) is 0 Å². The standard InChI is InChI=1S/C15H19NO2/c1-3-14(17)13-5-4-10-16(15(13)18)12-8-6-11(2)7-9-12/h6-9,13H,3-5,10H2,1-2H3. The summed E-state index contributed by atoms with van der Waals surface area (Å²) in [5.41, 5.74) is 2.07. The van der Waals surface area contributed by atoms with Gasteiger partial charge in [-0.1, -0.05) is 24.6 Å². The van der Waals surface area contributed by atoms with Crippen LogP contribution in [-0.2, 0) is 9.59 Å². The van der Waals surface area contributed by atoms with E-state index in [1.54, 1.807) is 4.90 Å². The van der Waals surface area contributed by atoms with Crippen LogP contribution in [0.5, 0.6) is 0 Å². The van der Waals surface area contributed by atoms with E-state index in [9.17, 15) is 9.59 Å². The second-order valence-corrected chi connectivity index (χ2v) is 4.84. The lowest BCUT2D eigenvalue weighted by atomic mass is 9.91. The highest BCUT2D eigenvalue weighted by atomic mass is 16.2. The topological polar surface area (TPSA) is 37.4 Å². The highest BCUT2D eigenvalue weighted by Gasteiger charge is 2.33. The molecule has 2 rings (SSSR count). The maximum atomic E-state index is 12.3. The third kappa shape index (κ3) is 2.45. The van der Waals surface area contributed by atoms with Gasteiger partial charge >= 0.3 is 0 Å². The van der Waals surface area contributed by atoms with Gasteiger partial charge in [0.15, 0.2) is 0 Å². The van der Waals surface area contributed by atoms with Gasteiger partial charge in [0.25, 0.3) is 0 Å². The van der Waals surface area contributed by atoms with Gasteiger partial charge in [-0.25, -0.2) is 0 Å². The van der Waals surface area contributed by atoms with Crippen molar-refractivity contribution in [1.82, 2.24) is 0 Å². The molecule has 1 aromatic carbocycles. The third-order valence-corrected chi connectivity index (χ3v) is 3.52. The molecule has 3 nitrogen and oxygen atoms in total. The summed E-state index contributed by atoms with van der Waals surface area (Å²) in [7, 11) is 0. The van der Waals surface area contributed by atoms with Crippen molar-refractivity contribution in [2.75, 3.05) is 11.4 Å². The summed E-state index contributed by atoms with van der Waals surface area (Å²) in [5, 5.41) is 0. The highest BCUT2D eigenvalue weighted by molar-refractivity contribution is 6.08. The van der Waals surface area contributed by atoms with Gasteiger partial charge in [0, 0.05) is 18.7 Å². The van der Waals surface area contributed by atoms with Crippen LogP contribution >= 0.6 is 0 Å². The molecule has 0 aromatic heterocycles. The van der Waals surface area contributed by atoms with Crippen LogP contribution < -0.4 is 4.90 Å². The zero-order chi connectivity index (χ0) is 13.1. The van der Waals surface area contributed by atoms with E-state index >= 15 is 0 Å². The van der Waals surface area contributed by atoms with Crippen LogP contribution in [0.1, 0.15) is 31.7 Å². The zero-order valence-corrected chi connectivity index (χ0v) is 11.0. The number of Topliss-reactive ketones (excluding diaryl/α,β-unsaturated/α-hetero) is 1. The predicted octanol–water partition coefficient (Wildman–Crippen LogP) is 2.72. The van der Waals surface area contributed by atoms with E-state index in [4.69, 9.17) is 0 Å². The van der Waals surface area contributed by atoms with Crippen molar-refractivity contribution in [3.8, 4) is 0 Å². The largest absolute Gasteiger partial charge is 0.312 e. The Morgan fingerprint density at radius 1 is 1.33 bits per heavy atom. The monoisotopic (exact) mass is 245 g/mol. The minimum Gasteiger partial charge on any atom is -0.312 e. The van der Waals surface area contributed by atoms with Gasteiger partial charge in [-0.15, -0.1) is 0 Å². The lowest BCUT2D eigenvalue weighted by molar-refractivity contribution is -0.133. The molecule has 1 unspecified atom stereocenters. The number of hydrogen-bond donors (Lipinski definition) is 0. The minimum atomic E-state index is -0.426. The quantitative estimate of drug-likeness (QED) is 0.768. The maximum absolute atomic E-state index is 12.3. The fourth-order valence-corrected chi connectivity index (χ4v) is 2.40. The molecule has 1 aromatic rings. The normalized spacial score (nSPS) is 20.0. The first-order valence-electron chi connectivity index (χ1n) is 6.54. The van der Waals surface area contributed by atoms with E-state index in [1.807, 2.05) is 38.1 Å². The number of ketones is 1. The van der Waals surface area contributed by atoms with Crippen molar-refractivity contribution in [1.29, 1.82) is 0 Å². The molecule has 18 heavy (non-hydrogen) atoms. The molecule has 0 aliphatic carbocycles. The molecule has 3 heteroatoms. The summed E-state index contributed by atoms with van der Waals surface area (Å²) in [6, 6.07) is 7.89. The van der Waals surface area contributed by atoms with Gasteiger partial charge in [0.2, 0.25) is 5.91 Å². The van der Waals surface area contributed by atoms with Crippen molar-refractivity contribution in [3.63, 3.8) is 0 Å². The summed E-state index contributed by atoms with van der Waals surface area (Å²) in [6.07, 6.45) is 2.04. The second kappa shape index (κ2) is 5.34. The Bertz CT molecular complexity index is 450. The number of amides is 1. The van der Waals surface area contributed by atoms with Crippen molar-refractivity contribution in [2.24, 2.45) is 5.92 Å². The third-order valence-electron chi connectivity index (χ3n) is 3.52. The van der Waals surface area contributed by atoms with Crippen molar-refractivity contribution in [3.05, 3.63) is 29.8 Å². The smallest absolute Gasteiger partial charge is 0.237 e. The van der Waals surface area contributed by atoms with E-state index < -0.39 is 5.92 Å². The Labute approximate surface area is 108 Å². The van der Waals surface area contributed by atoms with Crippen LogP contribution in [0.3, 0.4) is 0 Å². The molecule has 1 aliphatic rings. The van der Waals surface area contributed by atoms with E-state index in [0.717, 1.165) is 18.7 Å². The van der Waals surface area contributed by atoms with E-state index in [1.165, 1.54) is 5.56 Å². The number of benzene rings is 1. The average Bonchev–Trinajstić information content (AvgIpc) is 2.39. The minimum absolute atomic E-state index is 0.0306. The van der Waals surface area contributed by atoms with Gasteiger partial charge < -0.3 is 4.90 Å². The Balaban J connectivity index is 2.21. The van der Waals surface area contributed by atoms with Gasteiger partial charge in [-0.05, 0) is 31.9 Å². The summed E-state index contributed by atoms with van der Waals surface area (Å²) in [4.78, 5) is 25.8. The lowest BCUT2D eigenvalue weighted by Gasteiger charge is -2.31. The fourth-order valence-electron chi connectivity index (χ4n) is 2.40. The van der Waals surface area contributed by atoms with Crippen LogP contribution in [0, 0.1) is 12.8 Å². The van der Waals surface area contributed by atoms with Gasteiger partial charge in [-0.3, -0.25) is 9.59 Å². The number of hydrogen-bond acceptors (Lipinski definition) is 2. The van der Waals surface area contributed by atoms with Crippen LogP contribution in [0.25, 0.3) is 0 Å². The Morgan fingerprint density at radius 3 is 2.61 bits per heavy atom. The number of carbonyl (C=O) groups excluding carboxylic acids is 2. The molecule has 1 amide bonds. The van der Waals surface area contributed by atoms with E-state index in [-0.39, 0.29) is 11.7 Å². The van der Waals surface area contributed by atoms with Crippen LogP contribution in [-0.4, -0.2) is 18.2 Å². The molecular weight excluding hydrogens is 226 g/mol. The van der Waals surface area contributed by atoms with Gasteiger partial charge in [0.1, 0.15) is 5.78 Å². The maximum Gasteiger partial charge on any atom is 0.237 e. The number of piperidine rings is 1. The SMILES string of the molecule is CCC(=O)C1CCCN(c2ccc(C)cc2)C1=O. The molecular formula is C15H19NO2. The van der Waals surface area contributed by atoms with Crippen molar-refractivity contribution < 1.29 is 9.59 Å². The number of rotatable bonds is 3. The number of nitrogens with zero attached hydrogens (tertiary/aromatic N) is 1. The highest BCUT2D eigenvalue weighted by Crippen LogP contribution is 2.25. The van der Waals surface area contributed by atoms with Gasteiger partial charge in [0.05, 0.1) is 5.92 Å². The summed E-state index contributed by atoms with van der Waals surface area (Å²) >= 11 is 0. The Kier molecular flexibility index (Phi) is 3.80. The zero-order valence-electron chi connectivity index (χ0n) is 11.0. The molecule has 0 bridgehead atoms. The molecule has 0 N–H and O–H groups in total. The summed E-state index contributed by atoms with van der Waals surface area (Å²) in [6.45, 7) is 4.56. The van der Waals surface area contributed by atoms with Crippen LogP contribution in [0.15, 0.2) is 24.3 Å².